The molecule has 25 heavy (non-hydrogen) atoms. The maximum Gasteiger partial charge on any atom is 0.377 e. The monoisotopic (exact) mass is 388 g/mol. The normalized spacial score (nSPS) is 14.4. The number of hydrogen-bond acceptors (Lipinski definition) is 4. The average Bonchev–Trinajstić information content (AvgIpc) is 2.50. The summed E-state index contributed by atoms with van der Waals surface area (Å²) < 4.78 is 110. The highest BCUT2D eigenvalue weighted by molar-refractivity contribution is 5.77. The molecule has 0 aliphatic rings. The summed E-state index contributed by atoms with van der Waals surface area (Å²) >= 11 is 0. The molecule has 0 saturated heterocycles. The molecule has 0 amide bonds. The number of carbonyl (C=O) groups is 2. The third kappa shape index (κ3) is 5.70. The Kier molecular flexibility index (Phi) is 8.09. The van der Waals surface area contributed by atoms with Gasteiger partial charge in [0.1, 0.15) is 0 Å². The number of alkyl halides is 8. The highest BCUT2D eigenvalue weighted by Crippen LogP contribution is 2.49. The maximum atomic E-state index is 13.1. The summed E-state index contributed by atoms with van der Waals surface area (Å²) in [6, 6.07) is 0. The van der Waals surface area contributed by atoms with E-state index >= 15 is 0 Å². The first-order valence-corrected chi connectivity index (χ1v) is 6.94. The standard InChI is InChI=1S/C13H16F8O4/c1-3-7(2)9(23)25-6-8(22)24-5-4-11(16,17)13(20,21)12(18,19)10(14)15/h7,10H,3-6H2,1-2H3. The van der Waals surface area contributed by atoms with Crippen LogP contribution in [0, 0.1) is 5.92 Å². The Morgan fingerprint density at radius 2 is 1.52 bits per heavy atom. The Labute approximate surface area is 137 Å². The van der Waals surface area contributed by atoms with Gasteiger partial charge in [-0.05, 0) is 6.42 Å². The fourth-order valence-corrected chi connectivity index (χ4v) is 1.31. The van der Waals surface area contributed by atoms with E-state index in [0.29, 0.717) is 6.42 Å². The Morgan fingerprint density at radius 1 is 1.00 bits per heavy atom. The van der Waals surface area contributed by atoms with Gasteiger partial charge < -0.3 is 9.47 Å². The van der Waals surface area contributed by atoms with Crippen molar-refractivity contribution in [3.8, 4) is 0 Å². The highest BCUT2D eigenvalue weighted by Gasteiger charge is 2.74. The molecule has 0 aromatic carbocycles. The fraction of sp³-hybridized carbons (Fsp3) is 0.846. The lowest BCUT2D eigenvalue weighted by Gasteiger charge is -2.32. The van der Waals surface area contributed by atoms with Crippen LogP contribution in [0.4, 0.5) is 35.1 Å². The smallest absolute Gasteiger partial charge is 0.377 e. The van der Waals surface area contributed by atoms with Crippen molar-refractivity contribution >= 4 is 11.9 Å². The molecule has 0 spiro atoms. The summed E-state index contributed by atoms with van der Waals surface area (Å²) in [7, 11) is 0. The average molecular weight is 388 g/mol. The summed E-state index contributed by atoms with van der Waals surface area (Å²) in [4.78, 5) is 22.3. The Bertz CT molecular complexity index is 467. The van der Waals surface area contributed by atoms with Gasteiger partial charge in [0.15, 0.2) is 6.61 Å². The van der Waals surface area contributed by atoms with Crippen LogP contribution in [0.3, 0.4) is 0 Å². The van der Waals surface area contributed by atoms with Crippen molar-refractivity contribution in [2.24, 2.45) is 5.92 Å². The van der Waals surface area contributed by atoms with Gasteiger partial charge in [-0.25, -0.2) is 13.6 Å². The van der Waals surface area contributed by atoms with Crippen LogP contribution in [0.15, 0.2) is 0 Å². The first-order chi connectivity index (χ1) is 11.2. The molecule has 0 fully saturated rings. The molecular formula is C13H16F8O4. The fourth-order valence-electron chi connectivity index (χ4n) is 1.31. The van der Waals surface area contributed by atoms with Gasteiger partial charge in [0.25, 0.3) is 0 Å². The second-order valence-corrected chi connectivity index (χ2v) is 5.09. The SMILES string of the molecule is CCC(C)C(=O)OCC(=O)OCCC(F)(F)C(F)(F)C(F)(F)C(F)F. The summed E-state index contributed by atoms with van der Waals surface area (Å²) in [5.41, 5.74) is 0. The van der Waals surface area contributed by atoms with Crippen molar-refractivity contribution in [1.29, 1.82) is 0 Å². The van der Waals surface area contributed by atoms with E-state index in [1.807, 2.05) is 0 Å². The predicted octanol–water partition coefficient (Wildman–Crippen LogP) is 3.68. The molecule has 1 atom stereocenters. The topological polar surface area (TPSA) is 52.6 Å². The van der Waals surface area contributed by atoms with E-state index in [9.17, 15) is 44.7 Å². The molecule has 0 aromatic heterocycles. The first kappa shape index (κ1) is 23.4. The van der Waals surface area contributed by atoms with E-state index in [1.165, 1.54) is 6.92 Å². The van der Waals surface area contributed by atoms with Gasteiger partial charge in [0.05, 0.1) is 18.9 Å². The maximum absolute atomic E-state index is 13.1. The number of halogens is 8. The van der Waals surface area contributed by atoms with Crippen LogP contribution >= 0.6 is 0 Å². The Hall–Kier alpha value is -1.62. The van der Waals surface area contributed by atoms with Crippen LogP contribution in [0.2, 0.25) is 0 Å². The van der Waals surface area contributed by atoms with Gasteiger partial charge in [0.2, 0.25) is 0 Å². The molecule has 0 radical (unpaired) electrons. The molecule has 0 heterocycles. The zero-order valence-electron chi connectivity index (χ0n) is 13.1. The molecule has 0 aliphatic heterocycles. The van der Waals surface area contributed by atoms with E-state index in [1.54, 1.807) is 6.92 Å². The molecule has 12 heteroatoms. The van der Waals surface area contributed by atoms with Crippen molar-refractivity contribution in [3.05, 3.63) is 0 Å². The molecule has 1 unspecified atom stereocenters. The van der Waals surface area contributed by atoms with Gasteiger partial charge in [0, 0.05) is 0 Å². The number of hydrogen-bond donors (Lipinski definition) is 0. The van der Waals surface area contributed by atoms with Gasteiger partial charge >= 0.3 is 36.1 Å². The van der Waals surface area contributed by atoms with Crippen LogP contribution < -0.4 is 0 Å². The lowest BCUT2D eigenvalue weighted by molar-refractivity contribution is -0.340. The Balaban J connectivity index is 4.56. The van der Waals surface area contributed by atoms with Gasteiger partial charge in [-0.15, -0.1) is 0 Å². The number of esters is 2. The van der Waals surface area contributed by atoms with Gasteiger partial charge in [-0.1, -0.05) is 13.8 Å². The molecule has 0 saturated carbocycles. The minimum Gasteiger partial charge on any atom is -0.463 e. The van der Waals surface area contributed by atoms with E-state index in [2.05, 4.69) is 9.47 Å². The second kappa shape index (κ2) is 8.65. The Morgan fingerprint density at radius 3 is 1.96 bits per heavy atom. The lowest BCUT2D eigenvalue weighted by atomic mass is 10.0. The summed E-state index contributed by atoms with van der Waals surface area (Å²) in [6.07, 6.45) is -6.77. The molecule has 4 nitrogen and oxygen atoms in total. The lowest BCUT2D eigenvalue weighted by Crippen LogP contribution is -2.57. The molecule has 0 aromatic rings. The number of carbonyl (C=O) groups excluding carboxylic acids is 2. The highest BCUT2D eigenvalue weighted by atomic mass is 19.4. The van der Waals surface area contributed by atoms with Crippen molar-refractivity contribution in [2.75, 3.05) is 13.2 Å². The van der Waals surface area contributed by atoms with Crippen LogP contribution in [0.5, 0.6) is 0 Å². The van der Waals surface area contributed by atoms with Crippen LogP contribution in [-0.4, -0.2) is 49.3 Å². The van der Waals surface area contributed by atoms with Crippen LogP contribution in [0.1, 0.15) is 26.7 Å². The van der Waals surface area contributed by atoms with Gasteiger partial charge in [-0.2, -0.15) is 26.3 Å². The van der Waals surface area contributed by atoms with E-state index < -0.39 is 61.7 Å². The largest absolute Gasteiger partial charge is 0.463 e. The zero-order chi connectivity index (χ0) is 20.1. The molecule has 0 aliphatic carbocycles. The van der Waals surface area contributed by atoms with Crippen LogP contribution in [0.25, 0.3) is 0 Å². The quantitative estimate of drug-likeness (QED) is 0.423. The van der Waals surface area contributed by atoms with E-state index in [0.717, 1.165) is 0 Å². The van der Waals surface area contributed by atoms with Crippen molar-refractivity contribution in [1.82, 2.24) is 0 Å². The van der Waals surface area contributed by atoms with Crippen LogP contribution in [-0.2, 0) is 19.1 Å². The van der Waals surface area contributed by atoms with E-state index in [4.69, 9.17) is 0 Å². The second-order valence-electron chi connectivity index (χ2n) is 5.09. The number of rotatable bonds is 10. The van der Waals surface area contributed by atoms with Crippen molar-refractivity contribution < 1.29 is 54.2 Å². The first-order valence-electron chi connectivity index (χ1n) is 6.94. The summed E-state index contributed by atoms with van der Waals surface area (Å²) in [6.45, 7) is 0.640. The molecular weight excluding hydrogens is 372 g/mol. The van der Waals surface area contributed by atoms with Crippen molar-refractivity contribution in [2.45, 2.75) is 50.9 Å². The minimum atomic E-state index is -6.36. The predicted molar refractivity (Wildman–Crippen MR) is 66.8 cm³/mol. The van der Waals surface area contributed by atoms with E-state index in [-0.39, 0.29) is 0 Å². The molecule has 0 rings (SSSR count). The third-order valence-corrected chi connectivity index (χ3v) is 3.18. The van der Waals surface area contributed by atoms with Crippen molar-refractivity contribution in [3.63, 3.8) is 0 Å². The third-order valence-electron chi connectivity index (χ3n) is 3.18. The zero-order valence-corrected chi connectivity index (χ0v) is 13.1. The summed E-state index contributed by atoms with van der Waals surface area (Å²) in [5, 5.41) is 0. The number of ether oxygens (including phenoxy) is 2. The molecule has 0 bridgehead atoms. The summed E-state index contributed by atoms with van der Waals surface area (Å²) in [5.74, 6) is -21.0. The minimum absolute atomic E-state index is 0.382. The molecule has 0 N–H and O–H groups in total. The molecule has 148 valence electrons. The van der Waals surface area contributed by atoms with Gasteiger partial charge in [-0.3, -0.25) is 4.79 Å².